The number of aromatic nitrogens is 3. The fraction of sp³-hybridized carbons (Fsp3) is 0.273. The summed E-state index contributed by atoms with van der Waals surface area (Å²) in [5.41, 5.74) is 1.91. The van der Waals surface area contributed by atoms with Crippen molar-refractivity contribution in [1.29, 1.82) is 0 Å². The van der Waals surface area contributed by atoms with Gasteiger partial charge in [0.05, 0.1) is 0 Å². The van der Waals surface area contributed by atoms with Crippen molar-refractivity contribution >= 4 is 11.8 Å². The Labute approximate surface area is 169 Å². The molecule has 0 spiro atoms. The van der Waals surface area contributed by atoms with E-state index >= 15 is 0 Å². The average molecular weight is 398 g/mol. The van der Waals surface area contributed by atoms with Gasteiger partial charge in [0.25, 0.3) is 0 Å². The summed E-state index contributed by atoms with van der Waals surface area (Å²) in [5.74, 6) is 2.26. The Bertz CT molecular complexity index is 922. The maximum Gasteiger partial charge on any atom is 0.191 e. The van der Waals surface area contributed by atoms with E-state index in [0.717, 1.165) is 10.9 Å². The lowest BCUT2D eigenvalue weighted by atomic mass is 10.0. The SMILES string of the molecule is C=CCn1c(COc2ccc(C(C)C)cc2)nnc1SCc1ccccc1F. The van der Waals surface area contributed by atoms with Gasteiger partial charge in [-0.15, -0.1) is 16.8 Å². The van der Waals surface area contributed by atoms with E-state index in [2.05, 4.69) is 42.8 Å². The van der Waals surface area contributed by atoms with Gasteiger partial charge in [0, 0.05) is 12.3 Å². The van der Waals surface area contributed by atoms with Crippen LogP contribution in [0.3, 0.4) is 0 Å². The number of hydrogen-bond acceptors (Lipinski definition) is 4. The summed E-state index contributed by atoms with van der Waals surface area (Å²) in [7, 11) is 0. The highest BCUT2D eigenvalue weighted by Gasteiger charge is 2.13. The smallest absolute Gasteiger partial charge is 0.191 e. The molecule has 0 atom stereocenters. The van der Waals surface area contributed by atoms with E-state index in [1.165, 1.54) is 23.4 Å². The molecule has 0 aliphatic heterocycles. The number of thioether (sulfide) groups is 1. The molecule has 3 rings (SSSR count). The van der Waals surface area contributed by atoms with E-state index in [1.54, 1.807) is 18.2 Å². The van der Waals surface area contributed by atoms with Gasteiger partial charge in [-0.1, -0.05) is 62.0 Å². The van der Waals surface area contributed by atoms with Crippen LogP contribution in [0.1, 0.15) is 36.7 Å². The molecule has 0 aliphatic carbocycles. The lowest BCUT2D eigenvalue weighted by Gasteiger charge is -2.10. The number of ether oxygens (including phenoxy) is 1. The first kappa shape index (κ1) is 20.1. The van der Waals surface area contributed by atoms with Crippen LogP contribution in [0.5, 0.6) is 5.75 Å². The van der Waals surface area contributed by atoms with Crippen molar-refractivity contribution in [3.8, 4) is 5.75 Å². The molecule has 0 bridgehead atoms. The first-order valence-corrected chi connectivity index (χ1v) is 10.2. The van der Waals surface area contributed by atoms with Crippen LogP contribution in [0.25, 0.3) is 0 Å². The number of halogens is 1. The quantitative estimate of drug-likeness (QED) is 0.348. The Balaban J connectivity index is 1.68. The first-order valence-electron chi connectivity index (χ1n) is 9.20. The molecule has 4 nitrogen and oxygen atoms in total. The largest absolute Gasteiger partial charge is 0.486 e. The molecule has 0 saturated carbocycles. The Kier molecular flexibility index (Phi) is 6.87. The van der Waals surface area contributed by atoms with E-state index in [4.69, 9.17) is 4.74 Å². The van der Waals surface area contributed by atoms with E-state index in [9.17, 15) is 4.39 Å². The molecule has 3 aromatic rings. The zero-order valence-electron chi connectivity index (χ0n) is 16.1. The number of allylic oxidation sites excluding steroid dienone is 1. The maximum atomic E-state index is 13.8. The Hall–Kier alpha value is -2.60. The lowest BCUT2D eigenvalue weighted by molar-refractivity contribution is 0.289. The van der Waals surface area contributed by atoms with Gasteiger partial charge in [-0.05, 0) is 35.2 Å². The Morgan fingerprint density at radius 1 is 1.14 bits per heavy atom. The highest BCUT2D eigenvalue weighted by molar-refractivity contribution is 7.98. The van der Waals surface area contributed by atoms with Crippen LogP contribution in [-0.2, 0) is 18.9 Å². The van der Waals surface area contributed by atoms with Gasteiger partial charge in [-0.2, -0.15) is 0 Å². The zero-order chi connectivity index (χ0) is 19.9. The van der Waals surface area contributed by atoms with Crippen molar-refractivity contribution in [2.75, 3.05) is 0 Å². The Morgan fingerprint density at radius 3 is 2.57 bits per heavy atom. The molecule has 146 valence electrons. The van der Waals surface area contributed by atoms with Crippen molar-refractivity contribution in [1.82, 2.24) is 14.8 Å². The summed E-state index contributed by atoms with van der Waals surface area (Å²) < 4.78 is 21.7. The molecule has 0 unspecified atom stereocenters. The number of rotatable bonds is 9. The van der Waals surface area contributed by atoms with Crippen molar-refractivity contribution in [2.45, 2.75) is 43.8 Å². The van der Waals surface area contributed by atoms with Gasteiger partial charge in [0.2, 0.25) is 0 Å². The van der Waals surface area contributed by atoms with Crippen molar-refractivity contribution in [2.24, 2.45) is 0 Å². The summed E-state index contributed by atoms with van der Waals surface area (Å²) in [4.78, 5) is 0. The molecular weight excluding hydrogens is 373 g/mol. The first-order chi connectivity index (χ1) is 13.6. The zero-order valence-corrected chi connectivity index (χ0v) is 17.0. The second-order valence-corrected chi connectivity index (χ2v) is 7.63. The predicted molar refractivity (Wildman–Crippen MR) is 111 cm³/mol. The van der Waals surface area contributed by atoms with E-state index in [-0.39, 0.29) is 5.82 Å². The van der Waals surface area contributed by atoms with Crippen molar-refractivity contribution in [3.63, 3.8) is 0 Å². The molecule has 0 amide bonds. The number of hydrogen-bond donors (Lipinski definition) is 0. The third kappa shape index (κ3) is 5.01. The third-order valence-corrected chi connectivity index (χ3v) is 5.35. The van der Waals surface area contributed by atoms with Gasteiger partial charge in [-0.3, -0.25) is 4.57 Å². The second-order valence-electron chi connectivity index (χ2n) is 6.69. The van der Waals surface area contributed by atoms with Crippen LogP contribution >= 0.6 is 11.8 Å². The molecule has 2 aromatic carbocycles. The van der Waals surface area contributed by atoms with Gasteiger partial charge < -0.3 is 4.74 Å². The second kappa shape index (κ2) is 9.55. The monoisotopic (exact) mass is 397 g/mol. The molecule has 0 saturated heterocycles. The van der Waals surface area contributed by atoms with Gasteiger partial charge in [-0.25, -0.2) is 4.39 Å². The number of benzene rings is 2. The molecule has 28 heavy (non-hydrogen) atoms. The molecule has 0 aliphatic rings. The molecule has 0 N–H and O–H groups in total. The van der Waals surface area contributed by atoms with Crippen LogP contribution in [-0.4, -0.2) is 14.8 Å². The van der Waals surface area contributed by atoms with E-state index < -0.39 is 0 Å². The summed E-state index contributed by atoms with van der Waals surface area (Å²) in [6.45, 7) is 9.00. The van der Waals surface area contributed by atoms with E-state index in [0.29, 0.717) is 36.2 Å². The minimum atomic E-state index is -0.210. The van der Waals surface area contributed by atoms with Gasteiger partial charge in [0.15, 0.2) is 11.0 Å². The standard InChI is InChI=1S/C22H24FN3OS/c1-4-13-26-21(14-27-19-11-9-17(10-12-19)16(2)3)24-25-22(26)28-15-18-7-5-6-8-20(18)23/h4-12,16H,1,13-15H2,2-3H3. The summed E-state index contributed by atoms with van der Waals surface area (Å²) >= 11 is 1.45. The Morgan fingerprint density at radius 2 is 1.89 bits per heavy atom. The fourth-order valence-corrected chi connectivity index (χ4v) is 3.65. The summed E-state index contributed by atoms with van der Waals surface area (Å²) in [6, 6.07) is 14.8. The minimum absolute atomic E-state index is 0.210. The lowest BCUT2D eigenvalue weighted by Crippen LogP contribution is -2.07. The van der Waals surface area contributed by atoms with Crippen molar-refractivity contribution < 1.29 is 9.13 Å². The fourth-order valence-electron chi connectivity index (χ4n) is 2.70. The minimum Gasteiger partial charge on any atom is -0.486 e. The normalized spacial score (nSPS) is 11.0. The topological polar surface area (TPSA) is 39.9 Å². The van der Waals surface area contributed by atoms with Gasteiger partial charge >= 0.3 is 0 Å². The molecule has 6 heteroatoms. The molecule has 0 radical (unpaired) electrons. The number of nitrogens with zero attached hydrogens (tertiary/aromatic N) is 3. The summed E-state index contributed by atoms with van der Waals surface area (Å²) in [6.07, 6.45) is 1.79. The molecular formula is C22H24FN3OS. The predicted octanol–water partition coefficient (Wildman–Crippen LogP) is 5.60. The third-order valence-electron chi connectivity index (χ3n) is 4.33. The van der Waals surface area contributed by atoms with Crippen LogP contribution in [0.2, 0.25) is 0 Å². The highest BCUT2D eigenvalue weighted by Crippen LogP contribution is 2.24. The van der Waals surface area contributed by atoms with Crippen LogP contribution in [0.4, 0.5) is 4.39 Å². The molecule has 1 heterocycles. The van der Waals surface area contributed by atoms with E-state index in [1.807, 2.05) is 22.8 Å². The molecule has 0 fully saturated rings. The van der Waals surface area contributed by atoms with Crippen molar-refractivity contribution in [3.05, 3.63) is 84.0 Å². The highest BCUT2D eigenvalue weighted by atomic mass is 32.2. The van der Waals surface area contributed by atoms with Crippen LogP contribution in [0, 0.1) is 5.82 Å². The maximum absolute atomic E-state index is 13.8. The van der Waals surface area contributed by atoms with Crippen LogP contribution in [0.15, 0.2) is 66.3 Å². The van der Waals surface area contributed by atoms with Gasteiger partial charge in [0.1, 0.15) is 18.2 Å². The van der Waals surface area contributed by atoms with Crippen LogP contribution < -0.4 is 4.74 Å². The average Bonchev–Trinajstić information content (AvgIpc) is 3.08. The molecule has 1 aromatic heterocycles. The summed E-state index contributed by atoms with van der Waals surface area (Å²) in [5, 5.41) is 9.23.